The number of anilines is 1. The van der Waals surface area contributed by atoms with Gasteiger partial charge in [0.15, 0.2) is 0 Å². The van der Waals surface area contributed by atoms with Gasteiger partial charge in [0, 0.05) is 44.7 Å². The van der Waals surface area contributed by atoms with Crippen LogP contribution in [0.25, 0.3) is 0 Å². The number of ether oxygens (including phenoxy) is 2. The van der Waals surface area contributed by atoms with Crippen molar-refractivity contribution >= 4 is 5.82 Å². The predicted octanol–water partition coefficient (Wildman–Crippen LogP) is 3.16. The summed E-state index contributed by atoms with van der Waals surface area (Å²) in [6, 6.07) is 8.37. The van der Waals surface area contributed by atoms with Gasteiger partial charge in [0.25, 0.3) is 0 Å². The molecule has 0 amide bonds. The van der Waals surface area contributed by atoms with Crippen LogP contribution in [0.15, 0.2) is 24.3 Å². The van der Waals surface area contributed by atoms with Crippen LogP contribution in [0.1, 0.15) is 29.7 Å². The number of likely N-dealkylation sites (tertiary alicyclic amines) is 1. The number of rotatable bonds is 6. The Balaban J connectivity index is 1.38. The van der Waals surface area contributed by atoms with Gasteiger partial charge in [0.05, 0.1) is 25.5 Å². The molecule has 2 aliphatic heterocycles. The van der Waals surface area contributed by atoms with Gasteiger partial charge in [-0.2, -0.15) is 5.10 Å². The second-order valence-electron chi connectivity index (χ2n) is 8.48. The number of aryl methyl sites for hydroxylation is 3. The summed E-state index contributed by atoms with van der Waals surface area (Å²) >= 11 is 0. The Bertz CT molecular complexity index is 796. The molecule has 29 heavy (non-hydrogen) atoms. The third kappa shape index (κ3) is 4.93. The van der Waals surface area contributed by atoms with Crippen LogP contribution in [0.3, 0.4) is 0 Å². The first kappa shape index (κ1) is 20.2. The first-order chi connectivity index (χ1) is 14.1. The van der Waals surface area contributed by atoms with E-state index in [2.05, 4.69) is 59.6 Å². The van der Waals surface area contributed by atoms with Gasteiger partial charge in [0.2, 0.25) is 0 Å². The van der Waals surface area contributed by atoms with E-state index in [1.165, 1.54) is 29.8 Å². The summed E-state index contributed by atoms with van der Waals surface area (Å²) in [5, 5.41) is 4.74. The summed E-state index contributed by atoms with van der Waals surface area (Å²) in [5.41, 5.74) is 3.78. The van der Waals surface area contributed by atoms with E-state index in [4.69, 9.17) is 14.6 Å². The molecule has 0 N–H and O–H groups in total. The Kier molecular flexibility index (Phi) is 6.40. The largest absolute Gasteiger partial charge is 0.493 e. The van der Waals surface area contributed by atoms with Gasteiger partial charge in [-0.15, -0.1) is 0 Å². The van der Waals surface area contributed by atoms with Crippen LogP contribution in [0.4, 0.5) is 5.82 Å². The highest BCUT2D eigenvalue weighted by Crippen LogP contribution is 2.28. The normalized spacial score (nSPS) is 20.8. The lowest BCUT2D eigenvalue weighted by atomic mass is 9.98. The predicted molar refractivity (Wildman–Crippen MR) is 116 cm³/mol. The monoisotopic (exact) mass is 398 g/mol. The smallest absolute Gasteiger partial charge is 0.131 e. The van der Waals surface area contributed by atoms with Gasteiger partial charge < -0.3 is 14.4 Å². The van der Waals surface area contributed by atoms with Crippen molar-refractivity contribution in [3.05, 3.63) is 41.1 Å². The maximum Gasteiger partial charge on any atom is 0.131 e. The molecule has 2 aliphatic rings. The molecule has 6 heteroatoms. The van der Waals surface area contributed by atoms with Crippen molar-refractivity contribution < 1.29 is 9.47 Å². The Morgan fingerprint density at radius 3 is 2.62 bits per heavy atom. The zero-order chi connectivity index (χ0) is 20.2. The van der Waals surface area contributed by atoms with Crippen LogP contribution in [-0.2, 0) is 18.3 Å². The topological polar surface area (TPSA) is 42.8 Å². The van der Waals surface area contributed by atoms with E-state index in [1.54, 1.807) is 0 Å². The average molecular weight is 399 g/mol. The third-order valence-corrected chi connectivity index (χ3v) is 6.12. The summed E-state index contributed by atoms with van der Waals surface area (Å²) < 4.78 is 13.7. The van der Waals surface area contributed by atoms with Crippen molar-refractivity contribution in [1.29, 1.82) is 0 Å². The molecule has 1 aromatic carbocycles. The molecule has 0 aliphatic carbocycles. The van der Waals surface area contributed by atoms with E-state index < -0.39 is 0 Å². The highest BCUT2D eigenvalue weighted by atomic mass is 16.5. The van der Waals surface area contributed by atoms with Crippen LogP contribution < -0.4 is 9.64 Å². The van der Waals surface area contributed by atoms with Gasteiger partial charge in [-0.1, -0.05) is 17.7 Å². The lowest BCUT2D eigenvalue weighted by Gasteiger charge is -2.34. The molecule has 2 saturated heterocycles. The van der Waals surface area contributed by atoms with Crippen molar-refractivity contribution in [2.75, 3.05) is 50.9 Å². The molecule has 3 heterocycles. The van der Waals surface area contributed by atoms with Crippen LogP contribution in [0.5, 0.6) is 5.75 Å². The molecular formula is C23H34N4O2. The SMILES string of the molecule is Cc1ccc(OC[C@H]2CCCN(Cc3c(C)nn(C)c3N3CCOCC3)C2)cc1. The molecule has 1 aromatic heterocycles. The molecular weight excluding hydrogens is 364 g/mol. The highest BCUT2D eigenvalue weighted by Gasteiger charge is 2.26. The van der Waals surface area contributed by atoms with E-state index in [0.29, 0.717) is 5.92 Å². The van der Waals surface area contributed by atoms with Crippen molar-refractivity contribution in [3.8, 4) is 5.75 Å². The van der Waals surface area contributed by atoms with Crippen molar-refractivity contribution in [3.63, 3.8) is 0 Å². The van der Waals surface area contributed by atoms with E-state index in [1.807, 2.05) is 0 Å². The van der Waals surface area contributed by atoms with E-state index in [-0.39, 0.29) is 0 Å². The maximum atomic E-state index is 6.08. The first-order valence-electron chi connectivity index (χ1n) is 10.9. The van der Waals surface area contributed by atoms with E-state index >= 15 is 0 Å². The Labute approximate surface area is 174 Å². The second kappa shape index (κ2) is 9.18. The first-order valence-corrected chi connectivity index (χ1v) is 10.9. The Hall–Kier alpha value is -2.05. The molecule has 0 radical (unpaired) electrons. The Morgan fingerprint density at radius 1 is 1.10 bits per heavy atom. The van der Waals surface area contributed by atoms with Gasteiger partial charge in [-0.3, -0.25) is 9.58 Å². The highest BCUT2D eigenvalue weighted by molar-refractivity contribution is 5.50. The van der Waals surface area contributed by atoms with Crippen LogP contribution in [0.2, 0.25) is 0 Å². The summed E-state index contributed by atoms with van der Waals surface area (Å²) in [5.74, 6) is 2.82. The molecule has 6 nitrogen and oxygen atoms in total. The fourth-order valence-electron chi connectivity index (χ4n) is 4.55. The number of nitrogens with zero attached hydrogens (tertiary/aromatic N) is 4. The fraction of sp³-hybridized carbons (Fsp3) is 0.609. The molecule has 4 rings (SSSR count). The zero-order valence-corrected chi connectivity index (χ0v) is 18.1. The molecule has 1 atom stereocenters. The number of hydrogen-bond acceptors (Lipinski definition) is 5. The lowest BCUT2D eigenvalue weighted by molar-refractivity contribution is 0.120. The number of morpholine rings is 1. The number of hydrogen-bond donors (Lipinski definition) is 0. The van der Waals surface area contributed by atoms with Crippen molar-refractivity contribution in [2.45, 2.75) is 33.2 Å². The minimum atomic E-state index is 0.578. The zero-order valence-electron chi connectivity index (χ0n) is 18.1. The number of benzene rings is 1. The van der Waals surface area contributed by atoms with E-state index in [9.17, 15) is 0 Å². The molecule has 0 unspecified atom stereocenters. The summed E-state index contributed by atoms with van der Waals surface area (Å²) in [7, 11) is 2.07. The maximum absolute atomic E-state index is 6.08. The quantitative estimate of drug-likeness (QED) is 0.748. The number of piperidine rings is 1. The lowest BCUT2D eigenvalue weighted by Crippen LogP contribution is -2.40. The van der Waals surface area contributed by atoms with E-state index in [0.717, 1.165) is 64.0 Å². The average Bonchev–Trinajstić information content (AvgIpc) is 3.01. The van der Waals surface area contributed by atoms with Crippen LogP contribution in [-0.4, -0.2) is 60.7 Å². The molecule has 0 bridgehead atoms. The molecule has 0 spiro atoms. The summed E-state index contributed by atoms with van der Waals surface area (Å²) in [6.45, 7) is 11.7. The molecule has 2 aromatic rings. The van der Waals surface area contributed by atoms with Gasteiger partial charge >= 0.3 is 0 Å². The van der Waals surface area contributed by atoms with Gasteiger partial charge in [-0.05, 0) is 45.4 Å². The van der Waals surface area contributed by atoms with Gasteiger partial charge in [-0.25, -0.2) is 0 Å². The molecule has 2 fully saturated rings. The van der Waals surface area contributed by atoms with Crippen LogP contribution in [0, 0.1) is 19.8 Å². The van der Waals surface area contributed by atoms with Gasteiger partial charge in [0.1, 0.15) is 11.6 Å². The third-order valence-electron chi connectivity index (χ3n) is 6.12. The second-order valence-corrected chi connectivity index (χ2v) is 8.48. The molecule has 0 saturated carbocycles. The minimum Gasteiger partial charge on any atom is -0.493 e. The van der Waals surface area contributed by atoms with Crippen molar-refractivity contribution in [2.24, 2.45) is 13.0 Å². The Morgan fingerprint density at radius 2 is 1.86 bits per heavy atom. The fourth-order valence-corrected chi connectivity index (χ4v) is 4.55. The summed E-state index contributed by atoms with van der Waals surface area (Å²) in [4.78, 5) is 5.02. The van der Waals surface area contributed by atoms with Crippen LogP contribution >= 0.6 is 0 Å². The molecule has 158 valence electrons. The number of aromatic nitrogens is 2. The standard InChI is InChI=1S/C23H34N4O2/c1-18-6-8-21(9-7-18)29-17-20-5-4-10-26(15-20)16-22-19(2)24-25(3)23(22)27-11-13-28-14-12-27/h6-9,20H,4-5,10-17H2,1-3H3/t20-/m0/s1. The minimum absolute atomic E-state index is 0.578. The van der Waals surface area contributed by atoms with Crippen molar-refractivity contribution in [1.82, 2.24) is 14.7 Å². The summed E-state index contributed by atoms with van der Waals surface area (Å²) in [6.07, 6.45) is 2.47.